The highest BCUT2D eigenvalue weighted by Crippen LogP contribution is 2.24. The van der Waals surface area contributed by atoms with E-state index in [-0.39, 0.29) is 5.91 Å². The number of nitrogens with one attached hydrogen (secondary N) is 1. The molecule has 0 saturated carbocycles. The van der Waals surface area contributed by atoms with Crippen molar-refractivity contribution in [2.45, 2.75) is 0 Å². The molecular formula is C20H21BrN2O3. The normalized spacial score (nSPS) is 14.5. The average Bonchev–Trinajstić information content (AvgIpc) is 2.68. The molecule has 1 heterocycles. The summed E-state index contributed by atoms with van der Waals surface area (Å²) < 4.78 is 11.6. The first kappa shape index (κ1) is 18.5. The highest BCUT2D eigenvalue weighted by Gasteiger charge is 2.11. The van der Waals surface area contributed by atoms with Gasteiger partial charge in [0.15, 0.2) is 0 Å². The molecule has 1 N–H and O–H groups in total. The molecule has 3 rings (SSSR count). The molecular weight excluding hydrogens is 396 g/mol. The Morgan fingerprint density at radius 1 is 1.19 bits per heavy atom. The summed E-state index contributed by atoms with van der Waals surface area (Å²) in [6.45, 7) is 3.29. The predicted molar refractivity (Wildman–Crippen MR) is 108 cm³/mol. The first-order chi connectivity index (χ1) is 12.7. The summed E-state index contributed by atoms with van der Waals surface area (Å²) in [5, 5.41) is 2.87. The Hall–Kier alpha value is -2.31. The van der Waals surface area contributed by atoms with Crippen molar-refractivity contribution >= 4 is 39.3 Å². The molecule has 1 aliphatic heterocycles. The SMILES string of the molecule is COc1ccc(Br)cc1/C=C/C(=O)Nc1ccc(N2CCOCC2)cc1. The minimum absolute atomic E-state index is 0.189. The van der Waals surface area contributed by atoms with Crippen LogP contribution in [0.1, 0.15) is 5.56 Å². The van der Waals surface area contributed by atoms with E-state index in [1.165, 1.54) is 6.08 Å². The number of nitrogens with zero attached hydrogens (tertiary/aromatic N) is 1. The fourth-order valence-corrected chi connectivity index (χ4v) is 3.14. The van der Waals surface area contributed by atoms with Crippen LogP contribution in [-0.4, -0.2) is 39.3 Å². The van der Waals surface area contributed by atoms with Crippen LogP contribution in [0.3, 0.4) is 0 Å². The van der Waals surface area contributed by atoms with Crippen LogP contribution in [-0.2, 0) is 9.53 Å². The van der Waals surface area contributed by atoms with Gasteiger partial charge in [-0.2, -0.15) is 0 Å². The maximum Gasteiger partial charge on any atom is 0.248 e. The molecule has 0 unspecified atom stereocenters. The van der Waals surface area contributed by atoms with Gasteiger partial charge in [0, 0.05) is 40.6 Å². The Balaban J connectivity index is 1.62. The summed E-state index contributed by atoms with van der Waals surface area (Å²) in [5.74, 6) is 0.526. The van der Waals surface area contributed by atoms with E-state index in [0.717, 1.165) is 47.7 Å². The summed E-state index contributed by atoms with van der Waals surface area (Å²) in [7, 11) is 1.61. The van der Waals surface area contributed by atoms with E-state index in [2.05, 4.69) is 26.1 Å². The zero-order valence-corrected chi connectivity index (χ0v) is 16.2. The van der Waals surface area contributed by atoms with Crippen molar-refractivity contribution < 1.29 is 14.3 Å². The number of carbonyl (C=O) groups is 1. The lowest BCUT2D eigenvalue weighted by molar-refractivity contribution is -0.111. The first-order valence-corrected chi connectivity index (χ1v) is 9.20. The van der Waals surface area contributed by atoms with Crippen molar-refractivity contribution in [2.75, 3.05) is 43.6 Å². The van der Waals surface area contributed by atoms with Crippen molar-refractivity contribution in [2.24, 2.45) is 0 Å². The van der Waals surface area contributed by atoms with Crippen molar-refractivity contribution in [3.63, 3.8) is 0 Å². The van der Waals surface area contributed by atoms with Crippen molar-refractivity contribution in [1.29, 1.82) is 0 Å². The second kappa shape index (κ2) is 8.87. The third-order valence-corrected chi connectivity index (χ3v) is 4.61. The van der Waals surface area contributed by atoms with Gasteiger partial charge in [0.1, 0.15) is 5.75 Å². The number of anilines is 2. The third-order valence-electron chi connectivity index (χ3n) is 4.12. The molecule has 6 heteroatoms. The molecule has 1 amide bonds. The Morgan fingerprint density at radius 3 is 2.62 bits per heavy atom. The van der Waals surface area contributed by atoms with Crippen molar-refractivity contribution in [3.05, 3.63) is 58.6 Å². The molecule has 26 heavy (non-hydrogen) atoms. The van der Waals surface area contributed by atoms with Gasteiger partial charge in [0.2, 0.25) is 5.91 Å². The molecule has 5 nitrogen and oxygen atoms in total. The minimum atomic E-state index is -0.189. The molecule has 0 atom stereocenters. The van der Waals surface area contributed by atoms with Crippen molar-refractivity contribution in [1.82, 2.24) is 0 Å². The molecule has 2 aromatic rings. The zero-order valence-electron chi connectivity index (χ0n) is 14.6. The van der Waals surface area contributed by atoms with Gasteiger partial charge in [-0.25, -0.2) is 0 Å². The predicted octanol–water partition coefficient (Wildman–Crippen LogP) is 3.95. The van der Waals surface area contributed by atoms with Gasteiger partial charge in [-0.1, -0.05) is 15.9 Å². The van der Waals surface area contributed by atoms with Gasteiger partial charge in [-0.3, -0.25) is 4.79 Å². The lowest BCUT2D eigenvalue weighted by Crippen LogP contribution is -2.36. The van der Waals surface area contributed by atoms with Gasteiger partial charge in [0.05, 0.1) is 20.3 Å². The largest absolute Gasteiger partial charge is 0.496 e. The van der Waals surface area contributed by atoms with E-state index in [4.69, 9.17) is 9.47 Å². The highest BCUT2D eigenvalue weighted by atomic mass is 79.9. The number of methoxy groups -OCH3 is 1. The van der Waals surface area contributed by atoms with Gasteiger partial charge in [-0.05, 0) is 48.5 Å². The molecule has 0 spiro atoms. The maximum absolute atomic E-state index is 12.2. The van der Waals surface area contributed by atoms with Crippen LogP contribution in [0.5, 0.6) is 5.75 Å². The van der Waals surface area contributed by atoms with Crippen LogP contribution in [0.4, 0.5) is 11.4 Å². The fourth-order valence-electron chi connectivity index (χ4n) is 2.76. The van der Waals surface area contributed by atoms with Crippen LogP contribution < -0.4 is 15.0 Å². The molecule has 0 bridgehead atoms. The van der Waals surface area contributed by atoms with Crippen LogP contribution in [0.2, 0.25) is 0 Å². The number of hydrogen-bond acceptors (Lipinski definition) is 4. The van der Waals surface area contributed by atoms with Crippen molar-refractivity contribution in [3.8, 4) is 5.75 Å². The number of benzene rings is 2. The maximum atomic E-state index is 12.2. The summed E-state index contributed by atoms with van der Waals surface area (Å²) in [4.78, 5) is 14.5. The highest BCUT2D eigenvalue weighted by molar-refractivity contribution is 9.10. The summed E-state index contributed by atoms with van der Waals surface area (Å²) in [5.41, 5.74) is 2.73. The van der Waals surface area contributed by atoms with Crippen LogP contribution in [0.15, 0.2) is 53.0 Å². The monoisotopic (exact) mass is 416 g/mol. The number of halogens is 1. The summed E-state index contributed by atoms with van der Waals surface area (Å²) >= 11 is 3.42. The zero-order chi connectivity index (χ0) is 18.4. The van der Waals surface area contributed by atoms with E-state index in [0.29, 0.717) is 5.75 Å². The Morgan fingerprint density at radius 2 is 1.92 bits per heavy atom. The van der Waals surface area contributed by atoms with E-state index in [1.54, 1.807) is 13.2 Å². The molecule has 2 aromatic carbocycles. The smallest absolute Gasteiger partial charge is 0.248 e. The van der Waals surface area contributed by atoms with Crippen LogP contribution in [0.25, 0.3) is 6.08 Å². The molecule has 1 aliphatic rings. The quantitative estimate of drug-likeness (QED) is 0.749. The average molecular weight is 417 g/mol. The first-order valence-electron chi connectivity index (χ1n) is 8.41. The molecule has 0 aliphatic carbocycles. The third kappa shape index (κ3) is 4.86. The number of amides is 1. The molecule has 1 saturated heterocycles. The Kier molecular flexibility index (Phi) is 6.30. The fraction of sp³-hybridized carbons (Fsp3) is 0.250. The number of rotatable bonds is 5. The Labute approximate surface area is 161 Å². The van der Waals surface area contributed by atoms with E-state index in [1.807, 2.05) is 42.5 Å². The molecule has 0 radical (unpaired) electrons. The molecule has 136 valence electrons. The van der Waals surface area contributed by atoms with E-state index < -0.39 is 0 Å². The number of morpholine rings is 1. The second-order valence-corrected chi connectivity index (χ2v) is 6.77. The van der Waals surface area contributed by atoms with Gasteiger partial charge in [0.25, 0.3) is 0 Å². The second-order valence-electron chi connectivity index (χ2n) is 5.86. The van der Waals surface area contributed by atoms with E-state index in [9.17, 15) is 4.79 Å². The Bertz CT molecular complexity index is 784. The number of carbonyl (C=O) groups excluding carboxylic acids is 1. The summed E-state index contributed by atoms with van der Waals surface area (Å²) in [6, 6.07) is 13.5. The standard InChI is InChI=1S/C20H21BrN2O3/c1-25-19-8-3-16(21)14-15(19)2-9-20(24)22-17-4-6-18(7-5-17)23-10-12-26-13-11-23/h2-9,14H,10-13H2,1H3,(H,22,24)/b9-2+. The van der Waals surface area contributed by atoms with Gasteiger partial charge < -0.3 is 19.7 Å². The van der Waals surface area contributed by atoms with Crippen LogP contribution in [0, 0.1) is 0 Å². The lowest BCUT2D eigenvalue weighted by atomic mass is 10.2. The van der Waals surface area contributed by atoms with Gasteiger partial charge in [-0.15, -0.1) is 0 Å². The van der Waals surface area contributed by atoms with Crippen LogP contribution >= 0.6 is 15.9 Å². The van der Waals surface area contributed by atoms with E-state index >= 15 is 0 Å². The molecule has 0 aromatic heterocycles. The number of hydrogen-bond donors (Lipinski definition) is 1. The number of ether oxygens (including phenoxy) is 2. The lowest BCUT2D eigenvalue weighted by Gasteiger charge is -2.28. The molecule has 1 fully saturated rings. The topological polar surface area (TPSA) is 50.8 Å². The summed E-state index contributed by atoms with van der Waals surface area (Å²) in [6.07, 6.45) is 3.24. The van der Waals surface area contributed by atoms with Gasteiger partial charge >= 0.3 is 0 Å². The minimum Gasteiger partial charge on any atom is -0.496 e.